The van der Waals surface area contributed by atoms with Crippen LogP contribution in [0.15, 0.2) is 18.3 Å². The number of nitrogens with zero attached hydrogens (tertiary/aromatic N) is 2. The molecule has 1 aliphatic rings. The maximum atomic E-state index is 11.0. The van der Waals surface area contributed by atoms with Crippen molar-refractivity contribution in [2.75, 3.05) is 0 Å². The molecular weight excluding hydrogens is 218 g/mol. The predicted molar refractivity (Wildman–Crippen MR) is 63.8 cm³/mol. The zero-order chi connectivity index (χ0) is 12.3. The lowest BCUT2D eigenvalue weighted by Gasteiger charge is -2.19. The zero-order valence-corrected chi connectivity index (χ0v) is 9.89. The standard InChI is InChI=1S/C12H17N3O2/c1-15-11(10(7-14-15)12(16)17)8-13-9-5-3-2-4-6-9/h2-3,7,9,13H,4-6,8H2,1H3,(H,16,17). The molecule has 17 heavy (non-hydrogen) atoms. The number of nitrogens with one attached hydrogen (secondary N) is 1. The average Bonchev–Trinajstić information content (AvgIpc) is 2.69. The molecule has 0 radical (unpaired) electrons. The summed E-state index contributed by atoms with van der Waals surface area (Å²) in [5, 5.41) is 16.4. The second-order valence-corrected chi connectivity index (χ2v) is 4.30. The summed E-state index contributed by atoms with van der Waals surface area (Å²) in [7, 11) is 1.77. The average molecular weight is 235 g/mol. The van der Waals surface area contributed by atoms with Crippen molar-refractivity contribution in [3.63, 3.8) is 0 Å². The minimum atomic E-state index is -0.918. The summed E-state index contributed by atoms with van der Waals surface area (Å²) >= 11 is 0. The molecule has 1 aromatic heterocycles. The molecule has 0 aromatic carbocycles. The van der Waals surface area contributed by atoms with Crippen LogP contribution in [-0.2, 0) is 13.6 Å². The van der Waals surface area contributed by atoms with Gasteiger partial charge in [0.05, 0.1) is 11.9 Å². The van der Waals surface area contributed by atoms with Gasteiger partial charge in [-0.05, 0) is 19.3 Å². The van der Waals surface area contributed by atoms with Gasteiger partial charge in [0.2, 0.25) is 0 Å². The Morgan fingerprint density at radius 2 is 2.47 bits per heavy atom. The largest absolute Gasteiger partial charge is 0.478 e. The molecule has 1 aromatic rings. The lowest BCUT2D eigenvalue weighted by atomic mass is 10.0. The molecule has 0 amide bonds. The molecule has 0 saturated carbocycles. The Kier molecular flexibility index (Phi) is 3.58. The van der Waals surface area contributed by atoms with Gasteiger partial charge in [-0.15, -0.1) is 0 Å². The first-order chi connectivity index (χ1) is 8.18. The van der Waals surface area contributed by atoms with E-state index < -0.39 is 5.97 Å². The van der Waals surface area contributed by atoms with Gasteiger partial charge in [0.15, 0.2) is 0 Å². The summed E-state index contributed by atoms with van der Waals surface area (Å²) in [6, 6.07) is 0.441. The molecule has 5 nitrogen and oxygen atoms in total. The fraction of sp³-hybridized carbons (Fsp3) is 0.500. The van der Waals surface area contributed by atoms with Gasteiger partial charge >= 0.3 is 5.97 Å². The lowest BCUT2D eigenvalue weighted by molar-refractivity contribution is 0.0695. The van der Waals surface area contributed by atoms with Crippen molar-refractivity contribution >= 4 is 5.97 Å². The third-order valence-corrected chi connectivity index (χ3v) is 3.12. The number of aromatic nitrogens is 2. The molecule has 0 spiro atoms. The van der Waals surface area contributed by atoms with Crippen LogP contribution in [0.3, 0.4) is 0 Å². The SMILES string of the molecule is Cn1ncc(C(=O)O)c1CNC1CC=CCC1. The van der Waals surface area contributed by atoms with Gasteiger partial charge in [0.25, 0.3) is 0 Å². The van der Waals surface area contributed by atoms with Crippen molar-refractivity contribution in [1.29, 1.82) is 0 Å². The second-order valence-electron chi connectivity index (χ2n) is 4.30. The fourth-order valence-electron chi connectivity index (χ4n) is 2.07. The summed E-state index contributed by atoms with van der Waals surface area (Å²) < 4.78 is 1.62. The summed E-state index contributed by atoms with van der Waals surface area (Å²) in [4.78, 5) is 11.0. The van der Waals surface area contributed by atoms with Crippen LogP contribution in [0.5, 0.6) is 0 Å². The Balaban J connectivity index is 2.00. The van der Waals surface area contributed by atoms with Crippen molar-refractivity contribution < 1.29 is 9.90 Å². The maximum absolute atomic E-state index is 11.0. The topological polar surface area (TPSA) is 67.2 Å². The lowest BCUT2D eigenvalue weighted by Crippen LogP contribution is -2.30. The maximum Gasteiger partial charge on any atom is 0.339 e. The normalized spacial score (nSPS) is 19.5. The molecule has 0 aliphatic heterocycles. The molecule has 5 heteroatoms. The van der Waals surface area contributed by atoms with Gasteiger partial charge in [-0.2, -0.15) is 5.10 Å². The molecule has 2 rings (SSSR count). The molecule has 0 bridgehead atoms. The highest BCUT2D eigenvalue weighted by atomic mass is 16.4. The molecule has 1 unspecified atom stereocenters. The van der Waals surface area contributed by atoms with Gasteiger partial charge in [0, 0.05) is 19.6 Å². The van der Waals surface area contributed by atoms with E-state index in [2.05, 4.69) is 22.6 Å². The Morgan fingerprint density at radius 1 is 1.65 bits per heavy atom. The number of rotatable bonds is 4. The van der Waals surface area contributed by atoms with Crippen molar-refractivity contribution in [2.45, 2.75) is 31.8 Å². The van der Waals surface area contributed by atoms with Gasteiger partial charge < -0.3 is 10.4 Å². The smallest absolute Gasteiger partial charge is 0.339 e. The third-order valence-electron chi connectivity index (χ3n) is 3.12. The summed E-state index contributed by atoms with van der Waals surface area (Å²) in [6.07, 6.45) is 8.97. The van der Waals surface area contributed by atoms with Gasteiger partial charge in [-0.3, -0.25) is 4.68 Å². The first-order valence-electron chi connectivity index (χ1n) is 5.81. The number of allylic oxidation sites excluding steroid dienone is 1. The fourth-order valence-corrected chi connectivity index (χ4v) is 2.07. The van der Waals surface area contributed by atoms with Crippen LogP contribution in [0.1, 0.15) is 35.3 Å². The molecule has 92 valence electrons. The Hall–Kier alpha value is -1.62. The number of aromatic carboxylic acids is 1. The number of carbonyl (C=O) groups is 1. The van der Waals surface area contributed by atoms with E-state index in [1.165, 1.54) is 6.20 Å². The van der Waals surface area contributed by atoms with E-state index in [4.69, 9.17) is 5.11 Å². The first-order valence-corrected chi connectivity index (χ1v) is 5.81. The van der Waals surface area contributed by atoms with Gasteiger partial charge in [-0.1, -0.05) is 12.2 Å². The van der Waals surface area contributed by atoms with Crippen LogP contribution < -0.4 is 5.32 Å². The number of carboxylic acids is 1. The van der Waals surface area contributed by atoms with Crippen molar-refractivity contribution in [2.24, 2.45) is 7.05 Å². The monoisotopic (exact) mass is 235 g/mol. The quantitative estimate of drug-likeness (QED) is 0.772. The third kappa shape index (κ3) is 2.74. The molecular formula is C12H17N3O2. The molecule has 2 N–H and O–H groups in total. The number of hydrogen-bond donors (Lipinski definition) is 2. The minimum Gasteiger partial charge on any atom is -0.478 e. The van der Waals surface area contributed by atoms with Crippen LogP contribution in [0, 0.1) is 0 Å². The van der Waals surface area contributed by atoms with Crippen LogP contribution in [0.2, 0.25) is 0 Å². The van der Waals surface area contributed by atoms with E-state index in [-0.39, 0.29) is 5.56 Å². The first kappa shape index (κ1) is 11.9. The highest BCUT2D eigenvalue weighted by Gasteiger charge is 2.16. The number of aryl methyl sites for hydroxylation is 1. The van der Waals surface area contributed by atoms with Crippen LogP contribution in [0.4, 0.5) is 0 Å². The number of hydrogen-bond acceptors (Lipinski definition) is 3. The molecule has 0 fully saturated rings. The van der Waals surface area contributed by atoms with Crippen molar-refractivity contribution in [3.05, 3.63) is 29.6 Å². The van der Waals surface area contributed by atoms with E-state index in [0.29, 0.717) is 12.6 Å². The van der Waals surface area contributed by atoms with E-state index in [0.717, 1.165) is 25.0 Å². The Morgan fingerprint density at radius 3 is 3.12 bits per heavy atom. The highest BCUT2D eigenvalue weighted by Crippen LogP contribution is 2.13. The van der Waals surface area contributed by atoms with E-state index >= 15 is 0 Å². The van der Waals surface area contributed by atoms with E-state index in [1.807, 2.05) is 0 Å². The number of carboxylic acid groups (broad SMARTS) is 1. The summed E-state index contributed by atoms with van der Waals surface area (Å²) in [6.45, 7) is 0.552. The Labute approximate surface area is 100 Å². The summed E-state index contributed by atoms with van der Waals surface area (Å²) in [5.41, 5.74) is 1.01. The summed E-state index contributed by atoms with van der Waals surface area (Å²) in [5.74, 6) is -0.918. The second kappa shape index (κ2) is 5.14. The van der Waals surface area contributed by atoms with Crippen molar-refractivity contribution in [1.82, 2.24) is 15.1 Å². The van der Waals surface area contributed by atoms with Gasteiger partial charge in [-0.25, -0.2) is 4.79 Å². The molecule has 1 heterocycles. The Bertz CT molecular complexity index is 437. The molecule has 1 atom stereocenters. The van der Waals surface area contributed by atoms with E-state index in [9.17, 15) is 4.79 Å². The van der Waals surface area contributed by atoms with Crippen LogP contribution in [0.25, 0.3) is 0 Å². The van der Waals surface area contributed by atoms with Gasteiger partial charge in [0.1, 0.15) is 5.56 Å². The van der Waals surface area contributed by atoms with Crippen molar-refractivity contribution in [3.8, 4) is 0 Å². The van der Waals surface area contributed by atoms with Crippen LogP contribution >= 0.6 is 0 Å². The predicted octanol–water partition coefficient (Wildman–Crippen LogP) is 1.32. The van der Waals surface area contributed by atoms with Crippen LogP contribution in [-0.4, -0.2) is 26.9 Å². The highest BCUT2D eigenvalue weighted by molar-refractivity contribution is 5.88. The zero-order valence-electron chi connectivity index (χ0n) is 9.89. The molecule has 0 saturated heterocycles. The minimum absolute atomic E-state index is 0.284. The molecule has 1 aliphatic carbocycles. The van der Waals surface area contributed by atoms with E-state index in [1.54, 1.807) is 11.7 Å².